The summed E-state index contributed by atoms with van der Waals surface area (Å²) in [7, 11) is 5.74. The zero-order valence-corrected chi connectivity index (χ0v) is 10.9. The van der Waals surface area contributed by atoms with E-state index < -0.39 is 0 Å². The molecule has 0 atom stereocenters. The first-order chi connectivity index (χ1) is 8.24. The first kappa shape index (κ1) is 13.8. The van der Waals surface area contributed by atoms with E-state index in [2.05, 4.69) is 16.3 Å². The second kappa shape index (κ2) is 7.92. The van der Waals surface area contributed by atoms with Gasteiger partial charge in [0.15, 0.2) is 0 Å². The lowest BCUT2D eigenvalue weighted by atomic mass is 10.3. The minimum Gasteiger partial charge on any atom is -0.492 e. The van der Waals surface area contributed by atoms with Crippen molar-refractivity contribution in [3.8, 4) is 5.75 Å². The Balaban J connectivity index is 2.24. The van der Waals surface area contributed by atoms with E-state index in [0.717, 1.165) is 31.1 Å². The smallest absolute Gasteiger partial charge is 0.121 e. The van der Waals surface area contributed by atoms with Crippen molar-refractivity contribution in [3.05, 3.63) is 24.3 Å². The van der Waals surface area contributed by atoms with Crippen LogP contribution in [0, 0.1) is 0 Å². The van der Waals surface area contributed by atoms with Crippen LogP contribution in [0.5, 0.6) is 5.75 Å². The molecule has 96 valence electrons. The molecule has 0 aliphatic heterocycles. The predicted molar refractivity (Wildman–Crippen MR) is 71.0 cm³/mol. The molecule has 17 heavy (non-hydrogen) atoms. The molecule has 4 nitrogen and oxygen atoms in total. The fraction of sp³-hybridized carbons (Fsp3) is 0.538. The van der Waals surface area contributed by atoms with Crippen LogP contribution in [0.3, 0.4) is 0 Å². The first-order valence-corrected chi connectivity index (χ1v) is 5.84. The van der Waals surface area contributed by atoms with Gasteiger partial charge in [0.25, 0.3) is 0 Å². The van der Waals surface area contributed by atoms with Crippen molar-refractivity contribution < 1.29 is 9.47 Å². The fourth-order valence-electron chi connectivity index (χ4n) is 1.39. The van der Waals surface area contributed by atoms with Gasteiger partial charge < -0.3 is 19.7 Å². The summed E-state index contributed by atoms with van der Waals surface area (Å²) in [6.45, 7) is 3.09. The molecule has 0 unspecified atom stereocenters. The molecular formula is C13H22N2O2. The van der Waals surface area contributed by atoms with Gasteiger partial charge in [0.1, 0.15) is 12.4 Å². The summed E-state index contributed by atoms with van der Waals surface area (Å²) in [5, 5.41) is 3.23. The number of hydrogen-bond donors (Lipinski definition) is 1. The molecular weight excluding hydrogens is 216 g/mol. The molecule has 0 spiro atoms. The van der Waals surface area contributed by atoms with E-state index in [1.165, 1.54) is 0 Å². The number of hydrogen-bond acceptors (Lipinski definition) is 4. The van der Waals surface area contributed by atoms with Crippen LogP contribution in [0.25, 0.3) is 0 Å². The highest BCUT2D eigenvalue weighted by molar-refractivity contribution is 5.49. The molecule has 0 saturated carbocycles. The van der Waals surface area contributed by atoms with Crippen molar-refractivity contribution in [1.29, 1.82) is 0 Å². The quantitative estimate of drug-likeness (QED) is 0.694. The molecule has 0 radical (unpaired) electrons. The lowest BCUT2D eigenvalue weighted by Crippen LogP contribution is -2.24. The number of anilines is 1. The van der Waals surface area contributed by atoms with Gasteiger partial charge in [-0.1, -0.05) is 6.07 Å². The number of nitrogens with one attached hydrogen (secondary N) is 1. The Morgan fingerprint density at radius 3 is 2.65 bits per heavy atom. The molecule has 0 amide bonds. The van der Waals surface area contributed by atoms with E-state index in [0.29, 0.717) is 6.61 Å². The Labute approximate surface area is 104 Å². The van der Waals surface area contributed by atoms with Gasteiger partial charge in [-0.15, -0.1) is 0 Å². The van der Waals surface area contributed by atoms with Crippen LogP contribution < -0.4 is 15.0 Å². The van der Waals surface area contributed by atoms with Crippen molar-refractivity contribution in [3.63, 3.8) is 0 Å². The summed E-state index contributed by atoms with van der Waals surface area (Å²) in [5.41, 5.74) is 1.15. The van der Waals surface area contributed by atoms with Gasteiger partial charge in [0, 0.05) is 46.0 Å². The van der Waals surface area contributed by atoms with Crippen molar-refractivity contribution >= 4 is 5.69 Å². The Hall–Kier alpha value is -1.26. The highest BCUT2D eigenvalue weighted by Gasteiger charge is 1.98. The Morgan fingerprint density at radius 1 is 1.18 bits per heavy atom. The highest BCUT2D eigenvalue weighted by atomic mass is 16.5. The molecule has 4 heteroatoms. The standard InChI is InChI=1S/C13H22N2O2/c1-15(2)12-5-4-6-13(11-12)17-10-8-14-7-9-16-3/h4-6,11,14H,7-10H2,1-3H3. The van der Waals surface area contributed by atoms with Gasteiger partial charge in [0.2, 0.25) is 0 Å². The zero-order valence-electron chi connectivity index (χ0n) is 10.9. The second-order valence-corrected chi connectivity index (χ2v) is 3.98. The van der Waals surface area contributed by atoms with Crippen LogP contribution in [-0.4, -0.2) is 47.5 Å². The van der Waals surface area contributed by atoms with Crippen molar-refractivity contribution in [2.75, 3.05) is 52.4 Å². The molecule has 1 rings (SSSR count). The predicted octanol–water partition coefficient (Wildman–Crippen LogP) is 1.37. The molecule has 0 aromatic heterocycles. The SMILES string of the molecule is COCCNCCOc1cccc(N(C)C)c1. The monoisotopic (exact) mass is 238 g/mol. The summed E-state index contributed by atoms with van der Waals surface area (Å²) >= 11 is 0. The van der Waals surface area contributed by atoms with Crippen LogP contribution in [-0.2, 0) is 4.74 Å². The molecule has 0 heterocycles. The van der Waals surface area contributed by atoms with Crippen molar-refractivity contribution in [1.82, 2.24) is 5.32 Å². The minimum absolute atomic E-state index is 0.667. The summed E-state index contributed by atoms with van der Waals surface area (Å²) in [5.74, 6) is 0.907. The number of benzene rings is 1. The summed E-state index contributed by atoms with van der Waals surface area (Å²) < 4.78 is 10.6. The maximum Gasteiger partial charge on any atom is 0.121 e. The number of ether oxygens (including phenoxy) is 2. The van der Waals surface area contributed by atoms with E-state index >= 15 is 0 Å². The van der Waals surface area contributed by atoms with Crippen LogP contribution in [0.15, 0.2) is 24.3 Å². The number of methoxy groups -OCH3 is 1. The van der Waals surface area contributed by atoms with Gasteiger partial charge in [0.05, 0.1) is 6.61 Å². The van der Waals surface area contributed by atoms with Crippen molar-refractivity contribution in [2.45, 2.75) is 0 Å². The second-order valence-electron chi connectivity index (χ2n) is 3.98. The Kier molecular flexibility index (Phi) is 6.43. The largest absolute Gasteiger partial charge is 0.492 e. The topological polar surface area (TPSA) is 33.7 Å². The van der Waals surface area contributed by atoms with Gasteiger partial charge in [-0.3, -0.25) is 0 Å². The van der Waals surface area contributed by atoms with E-state index in [-0.39, 0.29) is 0 Å². The summed E-state index contributed by atoms with van der Waals surface area (Å²) in [4.78, 5) is 2.06. The number of nitrogens with zero attached hydrogens (tertiary/aromatic N) is 1. The Morgan fingerprint density at radius 2 is 1.94 bits per heavy atom. The third kappa shape index (κ3) is 5.56. The van der Waals surface area contributed by atoms with E-state index in [1.54, 1.807) is 7.11 Å². The molecule has 1 aromatic rings. The minimum atomic E-state index is 0.667. The molecule has 0 aliphatic carbocycles. The van der Waals surface area contributed by atoms with Crippen LogP contribution in [0.2, 0.25) is 0 Å². The van der Waals surface area contributed by atoms with E-state index in [4.69, 9.17) is 9.47 Å². The lowest BCUT2D eigenvalue weighted by Gasteiger charge is -2.14. The van der Waals surface area contributed by atoms with Gasteiger partial charge in [-0.2, -0.15) is 0 Å². The molecule has 0 bridgehead atoms. The van der Waals surface area contributed by atoms with Gasteiger partial charge in [-0.25, -0.2) is 0 Å². The fourth-order valence-corrected chi connectivity index (χ4v) is 1.39. The van der Waals surface area contributed by atoms with E-state index in [1.807, 2.05) is 32.3 Å². The first-order valence-electron chi connectivity index (χ1n) is 5.84. The maximum atomic E-state index is 5.65. The van der Waals surface area contributed by atoms with E-state index in [9.17, 15) is 0 Å². The zero-order chi connectivity index (χ0) is 12.5. The molecule has 1 N–H and O–H groups in total. The lowest BCUT2D eigenvalue weighted by molar-refractivity contribution is 0.197. The average molecular weight is 238 g/mol. The summed E-state index contributed by atoms with van der Waals surface area (Å²) in [6.07, 6.45) is 0. The van der Waals surface area contributed by atoms with Crippen LogP contribution in [0.4, 0.5) is 5.69 Å². The van der Waals surface area contributed by atoms with Gasteiger partial charge in [-0.05, 0) is 12.1 Å². The number of rotatable bonds is 8. The third-order valence-corrected chi connectivity index (χ3v) is 2.36. The summed E-state index contributed by atoms with van der Waals surface area (Å²) in [6, 6.07) is 8.07. The Bertz CT molecular complexity index is 316. The van der Waals surface area contributed by atoms with Crippen LogP contribution in [0.1, 0.15) is 0 Å². The molecule has 1 aromatic carbocycles. The normalized spacial score (nSPS) is 10.3. The van der Waals surface area contributed by atoms with Crippen molar-refractivity contribution in [2.24, 2.45) is 0 Å². The van der Waals surface area contributed by atoms with Crippen LogP contribution >= 0.6 is 0 Å². The third-order valence-electron chi connectivity index (χ3n) is 2.36. The maximum absolute atomic E-state index is 5.65. The molecule has 0 fully saturated rings. The van der Waals surface area contributed by atoms with Gasteiger partial charge >= 0.3 is 0 Å². The molecule has 0 aliphatic rings. The highest BCUT2D eigenvalue weighted by Crippen LogP contribution is 2.18. The molecule has 0 saturated heterocycles. The average Bonchev–Trinajstić information content (AvgIpc) is 2.34.